The minimum atomic E-state index is -4.87. The second-order valence-corrected chi connectivity index (χ2v) is 10.3. The molecule has 0 heterocycles. The van der Waals surface area contributed by atoms with E-state index in [4.69, 9.17) is 0 Å². The molecule has 0 spiro atoms. The van der Waals surface area contributed by atoms with Crippen LogP contribution in [0.3, 0.4) is 0 Å². The van der Waals surface area contributed by atoms with Crippen molar-refractivity contribution in [1.29, 1.82) is 5.26 Å². The maximum absolute atomic E-state index is 14.5. The van der Waals surface area contributed by atoms with Gasteiger partial charge in [-0.15, -0.1) is 0 Å². The summed E-state index contributed by atoms with van der Waals surface area (Å²) in [5.41, 5.74) is -2.86. The quantitative estimate of drug-likeness (QED) is 0.337. The van der Waals surface area contributed by atoms with E-state index in [0.717, 1.165) is 26.0 Å². The van der Waals surface area contributed by atoms with Gasteiger partial charge in [0.1, 0.15) is 17.2 Å². The number of aliphatic hydroxyl groups is 1. The number of hydrogen-bond donors (Lipinski definition) is 3. The third-order valence-electron chi connectivity index (χ3n) is 6.39. The fraction of sp³-hybridized carbons (Fsp3) is 0.481. The first-order valence-electron chi connectivity index (χ1n) is 12.1. The highest BCUT2D eigenvalue weighted by Crippen LogP contribution is 2.37. The molecule has 0 bridgehead atoms. The number of hydrogen-bond acceptors (Lipinski definition) is 4. The SMILES string of the molecule is CC(C)(F)CC(NC(c1ccc(C2=CC=C(C(O)C(F)(F)F)C=CC2)cc1)C(F)(F)F)C(=O)NC1(C#N)CC1. The Hall–Kier alpha value is -3.17. The Morgan fingerprint density at radius 3 is 2.15 bits per heavy atom. The van der Waals surface area contributed by atoms with Gasteiger partial charge < -0.3 is 10.4 Å². The summed E-state index contributed by atoms with van der Waals surface area (Å²) < 4.78 is 95.3. The van der Waals surface area contributed by atoms with E-state index in [2.05, 4.69) is 10.6 Å². The minimum Gasteiger partial charge on any atom is -0.379 e. The molecule has 0 aliphatic heterocycles. The van der Waals surface area contributed by atoms with Gasteiger partial charge in [0.05, 0.1) is 12.1 Å². The average molecular weight is 560 g/mol. The molecule has 2 aliphatic carbocycles. The number of nitriles is 1. The van der Waals surface area contributed by atoms with Crippen molar-refractivity contribution in [3.63, 3.8) is 0 Å². The van der Waals surface area contributed by atoms with Crippen molar-refractivity contribution in [2.75, 3.05) is 0 Å². The number of amides is 1. The molecule has 5 nitrogen and oxygen atoms in total. The van der Waals surface area contributed by atoms with Crippen LogP contribution < -0.4 is 10.6 Å². The fourth-order valence-corrected chi connectivity index (χ4v) is 4.12. The molecule has 212 valence electrons. The highest BCUT2D eigenvalue weighted by Gasteiger charge is 2.48. The van der Waals surface area contributed by atoms with E-state index < -0.39 is 54.1 Å². The van der Waals surface area contributed by atoms with Gasteiger partial charge in [-0.1, -0.05) is 48.6 Å². The number of allylic oxidation sites excluding steroid dienone is 4. The number of rotatable bonds is 9. The summed E-state index contributed by atoms with van der Waals surface area (Å²) in [6, 6.07) is 3.02. The molecular weight excluding hydrogens is 531 g/mol. The molecule has 1 aromatic carbocycles. The Bertz CT molecular complexity index is 1180. The number of nitrogens with zero attached hydrogens (tertiary/aromatic N) is 1. The van der Waals surface area contributed by atoms with E-state index in [1.807, 2.05) is 6.07 Å². The summed E-state index contributed by atoms with van der Waals surface area (Å²) in [5.74, 6) is -0.912. The standard InChI is InChI=1S/C27H28F7N3O2/c1-24(2,28)14-20(23(39)37-25(15-35)12-13-25)36-21(26(29,30)31)18-9-6-17(7-10-18)16-4-3-5-19(11-8-16)22(38)27(32,33)34/h3,5-11,20-22,36,38H,4,12-14H2,1-2H3,(H,37,39). The number of carbonyl (C=O) groups excluding carboxylic acids is 1. The molecule has 1 amide bonds. The summed E-state index contributed by atoms with van der Waals surface area (Å²) in [6.07, 6.45) is -7.12. The molecule has 2 aliphatic rings. The Kier molecular flexibility index (Phi) is 8.67. The molecular formula is C27H28F7N3O2. The van der Waals surface area contributed by atoms with Crippen LogP contribution in [0, 0.1) is 11.3 Å². The highest BCUT2D eigenvalue weighted by molar-refractivity contribution is 5.83. The summed E-state index contributed by atoms with van der Waals surface area (Å²) in [4.78, 5) is 12.8. The van der Waals surface area contributed by atoms with Crippen LogP contribution in [0.25, 0.3) is 5.57 Å². The molecule has 3 unspecified atom stereocenters. The largest absolute Gasteiger partial charge is 0.418 e. The molecule has 1 saturated carbocycles. The van der Waals surface area contributed by atoms with Crippen LogP contribution in [-0.4, -0.2) is 46.7 Å². The Morgan fingerprint density at radius 1 is 1.05 bits per heavy atom. The Labute approximate surface area is 221 Å². The minimum absolute atomic E-state index is 0.166. The molecule has 3 rings (SSSR count). The Balaban J connectivity index is 1.85. The van der Waals surface area contributed by atoms with Crippen LogP contribution in [0.15, 0.2) is 54.1 Å². The third-order valence-corrected chi connectivity index (χ3v) is 6.39. The van der Waals surface area contributed by atoms with Gasteiger partial charge in [0.25, 0.3) is 0 Å². The summed E-state index contributed by atoms with van der Waals surface area (Å²) in [6.45, 7) is 2.26. The monoisotopic (exact) mass is 559 g/mol. The summed E-state index contributed by atoms with van der Waals surface area (Å²) in [7, 11) is 0. The Morgan fingerprint density at radius 2 is 1.67 bits per heavy atom. The fourth-order valence-electron chi connectivity index (χ4n) is 4.12. The molecule has 1 aromatic rings. The van der Waals surface area contributed by atoms with E-state index >= 15 is 0 Å². The topological polar surface area (TPSA) is 85.2 Å². The lowest BCUT2D eigenvalue weighted by molar-refractivity contribution is -0.190. The first-order valence-corrected chi connectivity index (χ1v) is 12.1. The molecule has 3 N–H and O–H groups in total. The molecule has 0 radical (unpaired) electrons. The van der Waals surface area contributed by atoms with Crippen molar-refractivity contribution >= 4 is 11.5 Å². The molecule has 0 saturated heterocycles. The first-order chi connectivity index (χ1) is 17.9. The van der Waals surface area contributed by atoms with E-state index in [9.17, 15) is 45.9 Å². The number of aliphatic hydroxyl groups excluding tert-OH is 1. The third kappa shape index (κ3) is 8.16. The van der Waals surface area contributed by atoms with E-state index in [1.165, 1.54) is 36.4 Å². The zero-order valence-corrected chi connectivity index (χ0v) is 21.1. The number of carbonyl (C=O) groups is 1. The van der Waals surface area contributed by atoms with Crippen molar-refractivity contribution in [2.24, 2.45) is 0 Å². The van der Waals surface area contributed by atoms with Gasteiger partial charge in [0.2, 0.25) is 5.91 Å². The van der Waals surface area contributed by atoms with Crippen LogP contribution in [0.1, 0.15) is 56.7 Å². The lowest BCUT2D eigenvalue weighted by Gasteiger charge is -2.30. The number of alkyl halides is 7. The first kappa shape index (κ1) is 30.4. The van der Waals surface area contributed by atoms with Gasteiger partial charge in [0, 0.05) is 6.42 Å². The average Bonchev–Trinajstić information content (AvgIpc) is 3.63. The molecule has 39 heavy (non-hydrogen) atoms. The predicted molar refractivity (Wildman–Crippen MR) is 130 cm³/mol. The van der Waals surface area contributed by atoms with Gasteiger partial charge in [-0.3, -0.25) is 10.1 Å². The zero-order chi connectivity index (χ0) is 29.2. The molecule has 0 aromatic heterocycles. The van der Waals surface area contributed by atoms with Crippen molar-refractivity contribution in [1.82, 2.24) is 10.6 Å². The van der Waals surface area contributed by atoms with Crippen LogP contribution in [0.5, 0.6) is 0 Å². The lowest BCUT2D eigenvalue weighted by Crippen LogP contribution is -2.53. The van der Waals surface area contributed by atoms with E-state index in [0.29, 0.717) is 24.0 Å². The van der Waals surface area contributed by atoms with Crippen LogP contribution in [0.4, 0.5) is 30.7 Å². The van der Waals surface area contributed by atoms with Gasteiger partial charge in [-0.25, -0.2) is 4.39 Å². The lowest BCUT2D eigenvalue weighted by atomic mass is 9.95. The molecule has 12 heteroatoms. The van der Waals surface area contributed by atoms with Crippen LogP contribution >= 0.6 is 0 Å². The van der Waals surface area contributed by atoms with Crippen LogP contribution in [0.2, 0.25) is 0 Å². The summed E-state index contributed by atoms with van der Waals surface area (Å²) in [5, 5.41) is 23.3. The van der Waals surface area contributed by atoms with E-state index in [1.54, 1.807) is 0 Å². The highest BCUT2D eigenvalue weighted by atomic mass is 19.4. The van der Waals surface area contributed by atoms with Gasteiger partial charge in [-0.05, 0) is 55.4 Å². The van der Waals surface area contributed by atoms with Gasteiger partial charge >= 0.3 is 12.4 Å². The van der Waals surface area contributed by atoms with Crippen molar-refractivity contribution in [3.05, 3.63) is 65.3 Å². The van der Waals surface area contributed by atoms with Gasteiger partial charge in [-0.2, -0.15) is 31.6 Å². The number of benzene rings is 1. The van der Waals surface area contributed by atoms with Gasteiger partial charge in [0.15, 0.2) is 6.10 Å². The number of nitrogens with one attached hydrogen (secondary N) is 2. The van der Waals surface area contributed by atoms with E-state index in [-0.39, 0.29) is 17.6 Å². The van der Waals surface area contributed by atoms with Crippen molar-refractivity contribution in [3.8, 4) is 6.07 Å². The van der Waals surface area contributed by atoms with Crippen molar-refractivity contribution in [2.45, 2.75) is 81.3 Å². The maximum Gasteiger partial charge on any atom is 0.418 e. The zero-order valence-electron chi connectivity index (χ0n) is 21.1. The maximum atomic E-state index is 14.5. The molecule has 3 atom stereocenters. The normalized spacial score (nSPS) is 19.6. The molecule has 1 fully saturated rings. The van der Waals surface area contributed by atoms with Crippen molar-refractivity contribution < 1.29 is 40.6 Å². The summed E-state index contributed by atoms with van der Waals surface area (Å²) >= 11 is 0. The second-order valence-electron chi connectivity index (χ2n) is 10.3. The number of halogens is 7. The second kappa shape index (κ2) is 11.1. The predicted octanol–water partition coefficient (Wildman–Crippen LogP) is 5.75. The van der Waals surface area contributed by atoms with Crippen LogP contribution in [-0.2, 0) is 4.79 Å². The smallest absolute Gasteiger partial charge is 0.379 e.